The number of rotatable bonds is 5. The van der Waals surface area contributed by atoms with Gasteiger partial charge in [-0.3, -0.25) is 4.57 Å². The van der Waals surface area contributed by atoms with Crippen LogP contribution in [0.15, 0.2) is 176 Å². The first-order chi connectivity index (χ1) is 26.8. The molecule has 0 radical (unpaired) electrons. The minimum Gasteiger partial charge on any atom is -0.309 e. The molecule has 0 fully saturated rings. The quantitative estimate of drug-likeness (QED) is 0.181. The number of hydrogen-bond donors (Lipinski definition) is 0. The normalized spacial score (nSPS) is 12.1. The minimum absolute atomic E-state index is 0.598. The summed E-state index contributed by atoms with van der Waals surface area (Å²) in [7, 11) is 0. The van der Waals surface area contributed by atoms with Crippen molar-refractivity contribution in [2.75, 3.05) is 0 Å². The molecule has 5 nitrogen and oxygen atoms in total. The SMILES string of the molecule is c1ccc(-c2cccc(-n3c4cccc5c4c4c6c(ccc43)ccc3c6c4c-5cccc4n3-c3nc(-c4ccccc4)nc(-c4ccccc4)n3)c2)cc1. The maximum atomic E-state index is 5.21. The standard InChI is InChI=1S/C49H29N5/c1-4-13-30(14-5-1)34-19-10-20-35(29-34)53-38-23-11-21-36-37-22-12-24-39-44(37)46-41(28-26-31-25-27-40(53)45(42(31)46)43(36)38)54(39)49-51-47(32-15-6-2-7-16-32)50-48(52-49)33-17-8-3-9-18-33/h1-29H. The molecule has 0 unspecified atom stereocenters. The fraction of sp³-hybridized carbons (Fsp3) is 0. The molecule has 0 N–H and O–H groups in total. The van der Waals surface area contributed by atoms with E-state index < -0.39 is 0 Å². The van der Waals surface area contributed by atoms with Gasteiger partial charge in [0.25, 0.3) is 0 Å². The maximum Gasteiger partial charge on any atom is 0.238 e. The highest BCUT2D eigenvalue weighted by Crippen LogP contribution is 2.51. The highest BCUT2D eigenvalue weighted by atomic mass is 15.2. The summed E-state index contributed by atoms with van der Waals surface area (Å²) >= 11 is 0. The number of aromatic nitrogens is 5. The number of nitrogens with zero attached hydrogens (tertiary/aromatic N) is 5. The first-order valence-corrected chi connectivity index (χ1v) is 18.3. The topological polar surface area (TPSA) is 48.5 Å². The van der Waals surface area contributed by atoms with Gasteiger partial charge in [-0.15, -0.1) is 0 Å². The highest BCUT2D eigenvalue weighted by molar-refractivity contribution is 6.38. The molecule has 5 heteroatoms. The van der Waals surface area contributed by atoms with Gasteiger partial charge < -0.3 is 4.57 Å². The molecule has 3 heterocycles. The Morgan fingerprint density at radius 3 is 1.39 bits per heavy atom. The van der Waals surface area contributed by atoms with Crippen molar-refractivity contribution in [1.82, 2.24) is 24.1 Å². The summed E-state index contributed by atoms with van der Waals surface area (Å²) < 4.78 is 4.70. The third-order valence-corrected chi connectivity index (χ3v) is 11.1. The molecule has 0 spiro atoms. The van der Waals surface area contributed by atoms with Crippen LogP contribution in [-0.2, 0) is 0 Å². The second kappa shape index (κ2) is 11.1. The molecule has 3 aromatic heterocycles. The number of hydrogen-bond acceptors (Lipinski definition) is 3. The molecular weight excluding hydrogens is 659 g/mol. The predicted molar refractivity (Wildman–Crippen MR) is 221 cm³/mol. The first kappa shape index (κ1) is 29.2. The van der Waals surface area contributed by atoms with Gasteiger partial charge in [-0.25, -0.2) is 4.98 Å². The van der Waals surface area contributed by atoms with Crippen LogP contribution in [0.5, 0.6) is 0 Å². The lowest BCUT2D eigenvalue weighted by Crippen LogP contribution is -2.06. The Bertz CT molecular complexity index is 3250. The molecule has 0 aliphatic heterocycles. The van der Waals surface area contributed by atoms with Crippen molar-refractivity contribution >= 4 is 54.4 Å². The van der Waals surface area contributed by atoms with Crippen molar-refractivity contribution in [3.8, 4) is 56.7 Å². The monoisotopic (exact) mass is 687 g/mol. The number of fused-ring (bicyclic) bond motifs is 1. The van der Waals surface area contributed by atoms with E-state index in [2.05, 4.69) is 149 Å². The zero-order chi connectivity index (χ0) is 35.3. The summed E-state index contributed by atoms with van der Waals surface area (Å²) in [5.41, 5.74) is 12.4. The lowest BCUT2D eigenvalue weighted by atomic mass is 9.98. The van der Waals surface area contributed by atoms with Crippen molar-refractivity contribution in [2.45, 2.75) is 0 Å². The van der Waals surface area contributed by atoms with E-state index in [0.717, 1.165) is 27.8 Å². The van der Waals surface area contributed by atoms with E-state index in [9.17, 15) is 0 Å². The largest absolute Gasteiger partial charge is 0.309 e. The fourth-order valence-corrected chi connectivity index (χ4v) is 8.81. The molecule has 54 heavy (non-hydrogen) atoms. The summed E-state index contributed by atoms with van der Waals surface area (Å²) in [4.78, 5) is 15.4. The van der Waals surface area contributed by atoms with Crippen LogP contribution in [0.3, 0.4) is 0 Å². The van der Waals surface area contributed by atoms with E-state index in [1.807, 2.05) is 36.4 Å². The molecule has 12 rings (SSSR count). The highest BCUT2D eigenvalue weighted by Gasteiger charge is 2.28. The average molecular weight is 688 g/mol. The van der Waals surface area contributed by atoms with E-state index >= 15 is 0 Å². The van der Waals surface area contributed by atoms with Gasteiger partial charge in [0.05, 0.1) is 22.1 Å². The summed E-state index contributed by atoms with van der Waals surface area (Å²) in [5.74, 6) is 1.88. The van der Waals surface area contributed by atoms with Crippen LogP contribution in [0, 0.1) is 0 Å². The van der Waals surface area contributed by atoms with Crippen molar-refractivity contribution < 1.29 is 0 Å². The lowest BCUT2D eigenvalue weighted by molar-refractivity contribution is 0.953. The zero-order valence-electron chi connectivity index (χ0n) is 29.0. The molecule has 0 amide bonds. The van der Waals surface area contributed by atoms with Crippen LogP contribution in [0.25, 0.3) is 111 Å². The average Bonchev–Trinajstić information content (AvgIpc) is 3.73. The van der Waals surface area contributed by atoms with Gasteiger partial charge in [-0.1, -0.05) is 140 Å². The molecule has 8 aromatic carbocycles. The molecule has 0 bridgehead atoms. The van der Waals surface area contributed by atoms with Gasteiger partial charge in [0.1, 0.15) is 0 Å². The molecule has 1 aliphatic carbocycles. The van der Waals surface area contributed by atoms with Gasteiger partial charge >= 0.3 is 0 Å². The van der Waals surface area contributed by atoms with Gasteiger partial charge in [0.2, 0.25) is 5.95 Å². The molecule has 1 aliphatic rings. The second-order valence-electron chi connectivity index (χ2n) is 14.0. The van der Waals surface area contributed by atoms with E-state index in [0.29, 0.717) is 17.6 Å². The van der Waals surface area contributed by atoms with E-state index in [1.54, 1.807) is 0 Å². The van der Waals surface area contributed by atoms with Crippen molar-refractivity contribution in [2.24, 2.45) is 0 Å². The van der Waals surface area contributed by atoms with Crippen molar-refractivity contribution in [3.63, 3.8) is 0 Å². The predicted octanol–water partition coefficient (Wildman–Crippen LogP) is 12.2. The van der Waals surface area contributed by atoms with Gasteiger partial charge in [0.15, 0.2) is 11.6 Å². The van der Waals surface area contributed by atoms with E-state index in [1.165, 1.54) is 65.6 Å². The summed E-state index contributed by atoms with van der Waals surface area (Å²) in [5, 5.41) is 7.46. The van der Waals surface area contributed by atoms with Crippen molar-refractivity contribution in [3.05, 3.63) is 176 Å². The molecule has 250 valence electrons. The molecule has 11 aromatic rings. The Labute approximate surface area is 310 Å². The Morgan fingerprint density at radius 1 is 0.315 bits per heavy atom. The third-order valence-electron chi connectivity index (χ3n) is 11.1. The minimum atomic E-state index is 0.598. The zero-order valence-corrected chi connectivity index (χ0v) is 29.0. The fourth-order valence-electron chi connectivity index (χ4n) is 8.81. The van der Waals surface area contributed by atoms with Crippen LogP contribution >= 0.6 is 0 Å². The number of benzene rings is 8. The second-order valence-corrected chi connectivity index (χ2v) is 14.0. The molecule has 0 atom stereocenters. The third kappa shape index (κ3) is 4.06. The van der Waals surface area contributed by atoms with Gasteiger partial charge in [-0.2, -0.15) is 9.97 Å². The Kier molecular flexibility index (Phi) is 5.99. The molecule has 0 saturated carbocycles. The van der Waals surface area contributed by atoms with Crippen LogP contribution in [0.1, 0.15) is 0 Å². The van der Waals surface area contributed by atoms with E-state index in [-0.39, 0.29) is 0 Å². The van der Waals surface area contributed by atoms with Crippen LogP contribution in [0.2, 0.25) is 0 Å². The van der Waals surface area contributed by atoms with Gasteiger partial charge in [-0.05, 0) is 64.0 Å². The van der Waals surface area contributed by atoms with E-state index in [4.69, 9.17) is 15.0 Å². The smallest absolute Gasteiger partial charge is 0.238 e. The Morgan fingerprint density at radius 2 is 0.796 bits per heavy atom. The van der Waals surface area contributed by atoms with Crippen molar-refractivity contribution in [1.29, 1.82) is 0 Å². The summed E-state index contributed by atoms with van der Waals surface area (Å²) in [6.45, 7) is 0. The van der Waals surface area contributed by atoms with Crippen LogP contribution in [-0.4, -0.2) is 24.1 Å². The van der Waals surface area contributed by atoms with Crippen LogP contribution in [0.4, 0.5) is 0 Å². The van der Waals surface area contributed by atoms with Gasteiger partial charge in [0, 0.05) is 43.7 Å². The van der Waals surface area contributed by atoms with Crippen LogP contribution < -0.4 is 0 Å². The lowest BCUT2D eigenvalue weighted by Gasteiger charge is -2.12. The first-order valence-electron chi connectivity index (χ1n) is 18.3. The summed E-state index contributed by atoms with van der Waals surface area (Å²) in [6.07, 6.45) is 0. The molecular formula is C49H29N5. The maximum absolute atomic E-state index is 5.21. The Hall–Kier alpha value is -7.37. The Balaban J connectivity index is 1.20. The summed E-state index contributed by atoms with van der Waals surface area (Å²) in [6, 6.07) is 62.5. The molecule has 0 saturated heterocycles.